The summed E-state index contributed by atoms with van der Waals surface area (Å²) < 4.78 is 5.76. The summed E-state index contributed by atoms with van der Waals surface area (Å²) in [6.07, 6.45) is 2.99. The first kappa shape index (κ1) is 12.2. The molecule has 1 aliphatic rings. The lowest BCUT2D eigenvalue weighted by Gasteiger charge is -2.35. The molecule has 0 N–H and O–H groups in total. The molecule has 1 aliphatic heterocycles. The molecule has 1 fully saturated rings. The lowest BCUT2D eigenvalue weighted by molar-refractivity contribution is -0.0619. The molecule has 0 saturated carbocycles. The first-order valence-electron chi connectivity index (χ1n) is 5.19. The fraction of sp³-hybridized carbons (Fsp3) is 0.818. The molecular formula is C11H20BrNO. The van der Waals surface area contributed by atoms with E-state index in [4.69, 9.17) is 4.74 Å². The Morgan fingerprint density at radius 3 is 2.79 bits per heavy atom. The molecule has 0 amide bonds. The molecule has 0 aliphatic carbocycles. The van der Waals surface area contributed by atoms with Gasteiger partial charge in [-0.15, -0.1) is 0 Å². The van der Waals surface area contributed by atoms with Crippen LogP contribution in [0.2, 0.25) is 0 Å². The Labute approximate surface area is 95.4 Å². The molecule has 0 aromatic heterocycles. The standard InChI is InChI=1S/C11H20BrNO/c1-9(2)4-5-13-7-10(3)14-11(6-12)8-13/h4,10-11H,5-8H2,1-3H3. The second kappa shape index (κ2) is 5.89. The molecule has 2 unspecified atom stereocenters. The Morgan fingerprint density at radius 2 is 2.21 bits per heavy atom. The van der Waals surface area contributed by atoms with E-state index in [1.165, 1.54) is 5.57 Å². The van der Waals surface area contributed by atoms with Crippen molar-refractivity contribution in [2.24, 2.45) is 0 Å². The molecule has 3 heteroatoms. The van der Waals surface area contributed by atoms with Crippen LogP contribution in [-0.4, -0.2) is 42.1 Å². The van der Waals surface area contributed by atoms with E-state index in [0.29, 0.717) is 12.2 Å². The Morgan fingerprint density at radius 1 is 1.50 bits per heavy atom. The van der Waals surface area contributed by atoms with E-state index in [1.807, 2.05) is 0 Å². The minimum atomic E-state index is 0.351. The number of morpholine rings is 1. The summed E-state index contributed by atoms with van der Waals surface area (Å²) in [7, 11) is 0. The molecule has 0 spiro atoms. The van der Waals surface area contributed by atoms with Crippen LogP contribution in [0.4, 0.5) is 0 Å². The van der Waals surface area contributed by atoms with Crippen molar-refractivity contribution in [1.82, 2.24) is 4.90 Å². The zero-order chi connectivity index (χ0) is 10.6. The number of allylic oxidation sites excluding steroid dienone is 1. The number of ether oxygens (including phenoxy) is 1. The number of nitrogens with zero attached hydrogens (tertiary/aromatic N) is 1. The lowest BCUT2D eigenvalue weighted by Crippen LogP contribution is -2.47. The molecular weight excluding hydrogens is 242 g/mol. The van der Waals surface area contributed by atoms with Gasteiger partial charge in [0.15, 0.2) is 0 Å². The van der Waals surface area contributed by atoms with Crippen LogP contribution in [0.5, 0.6) is 0 Å². The zero-order valence-corrected chi connectivity index (χ0v) is 10.9. The van der Waals surface area contributed by atoms with Crippen LogP contribution in [-0.2, 0) is 4.74 Å². The number of rotatable bonds is 3. The van der Waals surface area contributed by atoms with Gasteiger partial charge < -0.3 is 4.74 Å². The van der Waals surface area contributed by atoms with Crippen LogP contribution in [0, 0.1) is 0 Å². The van der Waals surface area contributed by atoms with Gasteiger partial charge in [-0.3, -0.25) is 4.90 Å². The van der Waals surface area contributed by atoms with Crippen LogP contribution in [0.15, 0.2) is 11.6 Å². The summed E-state index contributed by atoms with van der Waals surface area (Å²) in [6, 6.07) is 0. The largest absolute Gasteiger partial charge is 0.372 e. The van der Waals surface area contributed by atoms with Crippen LogP contribution in [0.1, 0.15) is 20.8 Å². The van der Waals surface area contributed by atoms with Gasteiger partial charge in [0.2, 0.25) is 0 Å². The fourth-order valence-corrected chi connectivity index (χ4v) is 2.04. The van der Waals surface area contributed by atoms with Crippen molar-refractivity contribution >= 4 is 15.9 Å². The van der Waals surface area contributed by atoms with Crippen molar-refractivity contribution in [3.05, 3.63) is 11.6 Å². The highest BCUT2D eigenvalue weighted by atomic mass is 79.9. The molecule has 0 bridgehead atoms. The number of halogens is 1. The second-order valence-electron chi connectivity index (χ2n) is 4.22. The quantitative estimate of drug-likeness (QED) is 0.572. The van der Waals surface area contributed by atoms with Crippen LogP contribution in [0.3, 0.4) is 0 Å². The maximum absolute atomic E-state index is 5.76. The average Bonchev–Trinajstić information content (AvgIpc) is 2.14. The molecule has 1 saturated heterocycles. The highest BCUT2D eigenvalue weighted by Crippen LogP contribution is 2.12. The Hall–Kier alpha value is 0.140. The molecule has 2 nitrogen and oxygen atoms in total. The smallest absolute Gasteiger partial charge is 0.0802 e. The van der Waals surface area contributed by atoms with Crippen molar-refractivity contribution in [2.75, 3.05) is 25.0 Å². The van der Waals surface area contributed by atoms with E-state index in [9.17, 15) is 0 Å². The Bertz CT molecular complexity index is 201. The molecule has 1 rings (SSSR count). The maximum Gasteiger partial charge on any atom is 0.0802 e. The second-order valence-corrected chi connectivity index (χ2v) is 4.87. The number of alkyl halides is 1. The first-order valence-corrected chi connectivity index (χ1v) is 6.31. The first-order chi connectivity index (χ1) is 6.61. The maximum atomic E-state index is 5.76. The van der Waals surface area contributed by atoms with Gasteiger partial charge >= 0.3 is 0 Å². The van der Waals surface area contributed by atoms with E-state index < -0.39 is 0 Å². The van der Waals surface area contributed by atoms with E-state index >= 15 is 0 Å². The third kappa shape index (κ3) is 4.11. The fourth-order valence-electron chi connectivity index (χ4n) is 1.69. The number of hydrogen-bond acceptors (Lipinski definition) is 2. The van der Waals surface area contributed by atoms with E-state index in [1.54, 1.807) is 0 Å². The SMILES string of the molecule is CC(C)=CCN1CC(C)OC(CBr)C1. The molecule has 1 heterocycles. The van der Waals surface area contributed by atoms with Gasteiger partial charge in [-0.05, 0) is 20.8 Å². The van der Waals surface area contributed by atoms with Crippen LogP contribution < -0.4 is 0 Å². The number of hydrogen-bond donors (Lipinski definition) is 0. The predicted octanol–water partition coefficient (Wildman–Crippen LogP) is 2.44. The summed E-state index contributed by atoms with van der Waals surface area (Å²) in [5.41, 5.74) is 1.39. The van der Waals surface area contributed by atoms with Gasteiger partial charge in [0.1, 0.15) is 0 Å². The van der Waals surface area contributed by atoms with Crippen molar-refractivity contribution < 1.29 is 4.74 Å². The summed E-state index contributed by atoms with van der Waals surface area (Å²) in [6.45, 7) is 9.58. The van der Waals surface area contributed by atoms with Crippen molar-refractivity contribution in [1.29, 1.82) is 0 Å². The van der Waals surface area contributed by atoms with Crippen molar-refractivity contribution in [3.8, 4) is 0 Å². The van der Waals surface area contributed by atoms with E-state index in [-0.39, 0.29) is 0 Å². The van der Waals surface area contributed by atoms with Crippen LogP contribution >= 0.6 is 15.9 Å². The summed E-state index contributed by atoms with van der Waals surface area (Å²) >= 11 is 3.48. The summed E-state index contributed by atoms with van der Waals surface area (Å²) in [4.78, 5) is 2.45. The van der Waals surface area contributed by atoms with E-state index in [0.717, 1.165) is 25.0 Å². The zero-order valence-electron chi connectivity index (χ0n) is 9.29. The van der Waals surface area contributed by atoms with Crippen molar-refractivity contribution in [2.45, 2.75) is 33.0 Å². The molecule has 0 radical (unpaired) electrons. The molecule has 2 atom stereocenters. The van der Waals surface area contributed by atoms with Gasteiger partial charge in [-0.2, -0.15) is 0 Å². The van der Waals surface area contributed by atoms with Gasteiger partial charge in [0.05, 0.1) is 12.2 Å². The highest BCUT2D eigenvalue weighted by molar-refractivity contribution is 9.09. The predicted molar refractivity (Wildman–Crippen MR) is 64.0 cm³/mol. The van der Waals surface area contributed by atoms with Gasteiger partial charge in [0, 0.05) is 25.0 Å². The Kier molecular flexibility index (Phi) is 5.13. The molecule has 82 valence electrons. The summed E-state index contributed by atoms with van der Waals surface area (Å²) in [5, 5.41) is 0.933. The molecule has 0 aromatic rings. The monoisotopic (exact) mass is 261 g/mol. The third-order valence-corrected chi connectivity index (χ3v) is 3.05. The minimum Gasteiger partial charge on any atom is -0.372 e. The normalized spacial score (nSPS) is 28.9. The Balaban J connectivity index is 2.41. The summed E-state index contributed by atoms with van der Waals surface area (Å²) in [5.74, 6) is 0. The van der Waals surface area contributed by atoms with Crippen molar-refractivity contribution in [3.63, 3.8) is 0 Å². The van der Waals surface area contributed by atoms with Gasteiger partial charge in [-0.1, -0.05) is 27.6 Å². The third-order valence-electron chi connectivity index (χ3n) is 2.33. The van der Waals surface area contributed by atoms with Crippen LogP contribution in [0.25, 0.3) is 0 Å². The van der Waals surface area contributed by atoms with E-state index in [2.05, 4.69) is 47.7 Å². The highest BCUT2D eigenvalue weighted by Gasteiger charge is 2.23. The minimum absolute atomic E-state index is 0.351. The lowest BCUT2D eigenvalue weighted by atomic mass is 10.2. The molecule has 14 heavy (non-hydrogen) atoms. The average molecular weight is 262 g/mol. The van der Waals surface area contributed by atoms with Gasteiger partial charge in [0.25, 0.3) is 0 Å². The van der Waals surface area contributed by atoms with Gasteiger partial charge in [-0.25, -0.2) is 0 Å². The topological polar surface area (TPSA) is 12.5 Å². The molecule has 0 aromatic carbocycles.